The molecule has 0 unspecified atom stereocenters. The molecule has 1 amide bonds. The molecule has 3 aromatic rings. The number of halogens is 1. The van der Waals surface area contributed by atoms with Gasteiger partial charge in [0.1, 0.15) is 0 Å². The second-order valence-electron chi connectivity index (χ2n) is 7.66. The van der Waals surface area contributed by atoms with Crippen molar-refractivity contribution < 1.29 is 13.9 Å². The van der Waals surface area contributed by atoms with Gasteiger partial charge in [-0.05, 0) is 36.6 Å². The van der Waals surface area contributed by atoms with Gasteiger partial charge < -0.3 is 9.64 Å². The van der Waals surface area contributed by atoms with Crippen LogP contribution in [-0.2, 0) is 17.6 Å². The number of amides is 1. The van der Waals surface area contributed by atoms with Crippen molar-refractivity contribution in [2.75, 3.05) is 19.7 Å². The molecule has 0 aliphatic carbocycles. The molecule has 0 saturated carbocycles. The first-order chi connectivity index (χ1) is 14.7. The highest BCUT2D eigenvalue weighted by Gasteiger charge is 2.28. The maximum atomic E-state index is 13.6. The highest BCUT2D eigenvalue weighted by Crippen LogP contribution is 2.27. The lowest BCUT2D eigenvalue weighted by atomic mass is 10.0. The average Bonchev–Trinajstić information content (AvgIpc) is 3.44. The van der Waals surface area contributed by atoms with Crippen LogP contribution in [0.4, 0.5) is 4.39 Å². The number of carbonyl (C=O) groups excluding carboxylic acids is 1. The van der Waals surface area contributed by atoms with Gasteiger partial charge in [-0.15, -0.1) is 0 Å². The van der Waals surface area contributed by atoms with Crippen LogP contribution in [0.2, 0.25) is 0 Å². The number of H-pyrrole nitrogens is 1. The number of aromatic amines is 1. The molecule has 0 radical (unpaired) electrons. The normalized spacial score (nSPS) is 16.0. The summed E-state index contributed by atoms with van der Waals surface area (Å²) in [6, 6.07) is 18.5. The summed E-state index contributed by atoms with van der Waals surface area (Å²) in [4.78, 5) is 14.5. The zero-order valence-electron chi connectivity index (χ0n) is 16.9. The molecular weight excluding hydrogens is 381 g/mol. The summed E-state index contributed by atoms with van der Waals surface area (Å²) in [5, 5.41) is 7.48. The number of para-hydroxylation sites is 1. The van der Waals surface area contributed by atoms with Gasteiger partial charge in [-0.25, -0.2) is 4.39 Å². The summed E-state index contributed by atoms with van der Waals surface area (Å²) < 4.78 is 19.1. The lowest BCUT2D eigenvalue weighted by Gasteiger charge is -2.16. The molecule has 0 spiro atoms. The van der Waals surface area contributed by atoms with E-state index in [1.54, 1.807) is 18.2 Å². The van der Waals surface area contributed by atoms with E-state index in [0.717, 1.165) is 30.8 Å². The fourth-order valence-corrected chi connectivity index (χ4v) is 3.83. The van der Waals surface area contributed by atoms with Crippen LogP contribution >= 0.6 is 0 Å². The van der Waals surface area contributed by atoms with E-state index >= 15 is 0 Å². The SMILES string of the molecule is O=C(CCc1ccccc1)N1CC[C@H](c2cc(CCOc3ccccc3F)[nH]n2)C1. The number of hydrogen-bond acceptors (Lipinski definition) is 3. The van der Waals surface area contributed by atoms with E-state index in [4.69, 9.17) is 4.74 Å². The Morgan fingerprint density at radius 2 is 1.93 bits per heavy atom. The molecule has 5 nitrogen and oxygen atoms in total. The standard InChI is InChI=1S/C24H26FN3O2/c25-21-8-4-5-9-23(21)30-15-13-20-16-22(27-26-20)19-12-14-28(17-19)24(29)11-10-18-6-2-1-3-7-18/h1-9,16,19H,10-15,17H2,(H,26,27)/t19-/m0/s1. The monoisotopic (exact) mass is 407 g/mol. The number of carbonyl (C=O) groups is 1. The molecule has 30 heavy (non-hydrogen) atoms. The Morgan fingerprint density at radius 3 is 2.77 bits per heavy atom. The van der Waals surface area contributed by atoms with Crippen LogP contribution in [0.1, 0.15) is 35.7 Å². The Labute approximate surface area is 175 Å². The summed E-state index contributed by atoms with van der Waals surface area (Å²) >= 11 is 0. The smallest absolute Gasteiger partial charge is 0.222 e. The highest BCUT2D eigenvalue weighted by atomic mass is 19.1. The number of aromatic nitrogens is 2. The number of ether oxygens (including phenoxy) is 1. The average molecular weight is 407 g/mol. The Balaban J connectivity index is 1.24. The maximum absolute atomic E-state index is 13.6. The van der Waals surface area contributed by atoms with E-state index in [9.17, 15) is 9.18 Å². The van der Waals surface area contributed by atoms with Crippen LogP contribution in [0.15, 0.2) is 60.7 Å². The zero-order valence-corrected chi connectivity index (χ0v) is 16.9. The van der Waals surface area contributed by atoms with Crippen molar-refractivity contribution in [2.45, 2.75) is 31.6 Å². The molecule has 1 saturated heterocycles. The number of nitrogens with one attached hydrogen (secondary N) is 1. The van der Waals surface area contributed by atoms with Gasteiger partial charge in [-0.2, -0.15) is 5.10 Å². The van der Waals surface area contributed by atoms with E-state index in [-0.39, 0.29) is 23.4 Å². The van der Waals surface area contributed by atoms with Crippen molar-refractivity contribution in [3.63, 3.8) is 0 Å². The summed E-state index contributed by atoms with van der Waals surface area (Å²) in [7, 11) is 0. The van der Waals surface area contributed by atoms with Crippen molar-refractivity contribution in [3.8, 4) is 5.75 Å². The molecule has 1 fully saturated rings. The molecule has 1 aliphatic heterocycles. The minimum Gasteiger partial charge on any atom is -0.490 e. The van der Waals surface area contributed by atoms with Gasteiger partial charge in [0.2, 0.25) is 5.91 Å². The summed E-state index contributed by atoms with van der Waals surface area (Å²) in [6.45, 7) is 1.86. The number of aryl methyl sites for hydroxylation is 1. The second-order valence-corrected chi connectivity index (χ2v) is 7.66. The largest absolute Gasteiger partial charge is 0.490 e. The van der Waals surface area contributed by atoms with Crippen LogP contribution in [-0.4, -0.2) is 40.7 Å². The molecule has 2 aromatic carbocycles. The van der Waals surface area contributed by atoms with Crippen LogP contribution in [0.25, 0.3) is 0 Å². The number of hydrogen-bond donors (Lipinski definition) is 1. The molecule has 1 aliphatic rings. The fraction of sp³-hybridized carbons (Fsp3) is 0.333. The highest BCUT2D eigenvalue weighted by molar-refractivity contribution is 5.76. The van der Waals surface area contributed by atoms with Crippen molar-refractivity contribution in [3.05, 3.63) is 83.4 Å². The summed E-state index contributed by atoms with van der Waals surface area (Å²) in [5.74, 6) is 0.363. The predicted molar refractivity (Wildman–Crippen MR) is 113 cm³/mol. The van der Waals surface area contributed by atoms with E-state index in [0.29, 0.717) is 26.0 Å². The van der Waals surface area contributed by atoms with Crippen molar-refractivity contribution in [1.82, 2.24) is 15.1 Å². The quantitative estimate of drug-likeness (QED) is 0.611. The van der Waals surface area contributed by atoms with Crippen LogP contribution in [0.3, 0.4) is 0 Å². The molecule has 4 rings (SSSR count). The zero-order chi connectivity index (χ0) is 20.8. The molecule has 2 heterocycles. The molecule has 1 aromatic heterocycles. The first-order valence-corrected chi connectivity index (χ1v) is 10.4. The third-order valence-electron chi connectivity index (χ3n) is 5.55. The molecule has 156 valence electrons. The first kappa shape index (κ1) is 20.1. The lowest BCUT2D eigenvalue weighted by Crippen LogP contribution is -2.28. The van der Waals surface area contributed by atoms with Gasteiger partial charge >= 0.3 is 0 Å². The molecule has 1 N–H and O–H groups in total. The Kier molecular flexibility index (Phi) is 6.42. The van der Waals surface area contributed by atoms with Crippen molar-refractivity contribution >= 4 is 5.91 Å². The van der Waals surface area contributed by atoms with Gasteiger partial charge in [0, 0.05) is 37.5 Å². The summed E-state index contributed by atoms with van der Waals surface area (Å²) in [6.07, 6.45) is 2.85. The number of likely N-dealkylation sites (tertiary alicyclic amines) is 1. The number of benzene rings is 2. The van der Waals surface area contributed by atoms with Gasteiger partial charge in [0.25, 0.3) is 0 Å². The Morgan fingerprint density at radius 1 is 1.13 bits per heavy atom. The minimum atomic E-state index is -0.356. The molecular formula is C24H26FN3O2. The van der Waals surface area contributed by atoms with Crippen LogP contribution in [0.5, 0.6) is 5.75 Å². The van der Waals surface area contributed by atoms with E-state index in [2.05, 4.69) is 22.3 Å². The Bertz CT molecular complexity index is 973. The van der Waals surface area contributed by atoms with Crippen molar-refractivity contribution in [2.24, 2.45) is 0 Å². The van der Waals surface area contributed by atoms with E-state index in [1.165, 1.54) is 11.6 Å². The van der Waals surface area contributed by atoms with Crippen molar-refractivity contribution in [1.29, 1.82) is 0 Å². The molecule has 1 atom stereocenters. The van der Waals surface area contributed by atoms with Gasteiger partial charge in [0.05, 0.1) is 12.3 Å². The second kappa shape index (κ2) is 9.57. The van der Waals surface area contributed by atoms with Gasteiger partial charge in [0.15, 0.2) is 11.6 Å². The Hall–Kier alpha value is -3.15. The van der Waals surface area contributed by atoms with Crippen LogP contribution in [0, 0.1) is 5.82 Å². The maximum Gasteiger partial charge on any atom is 0.222 e. The van der Waals surface area contributed by atoms with Gasteiger partial charge in [-0.3, -0.25) is 9.89 Å². The van der Waals surface area contributed by atoms with E-state index in [1.807, 2.05) is 29.2 Å². The third kappa shape index (κ3) is 5.06. The summed E-state index contributed by atoms with van der Waals surface area (Å²) in [5.41, 5.74) is 3.13. The molecule has 0 bridgehead atoms. The minimum absolute atomic E-state index is 0.204. The first-order valence-electron chi connectivity index (χ1n) is 10.4. The number of rotatable bonds is 8. The molecule has 6 heteroatoms. The topological polar surface area (TPSA) is 58.2 Å². The number of nitrogens with zero attached hydrogens (tertiary/aromatic N) is 2. The van der Waals surface area contributed by atoms with Crippen LogP contribution < -0.4 is 4.74 Å². The lowest BCUT2D eigenvalue weighted by molar-refractivity contribution is -0.130. The van der Waals surface area contributed by atoms with E-state index < -0.39 is 0 Å². The fourth-order valence-electron chi connectivity index (χ4n) is 3.83. The predicted octanol–water partition coefficient (Wildman–Crippen LogP) is 4.12. The van der Waals surface area contributed by atoms with Gasteiger partial charge in [-0.1, -0.05) is 42.5 Å². The third-order valence-corrected chi connectivity index (χ3v) is 5.55.